The molecule has 4 rings (SSSR count). The number of carbonyl (C=O) groups is 1. The van der Waals surface area contributed by atoms with Crippen LogP contribution in [-0.4, -0.2) is 25.9 Å². The van der Waals surface area contributed by atoms with Crippen LogP contribution in [0.15, 0.2) is 79.1 Å². The number of hydrogen-bond donors (Lipinski definition) is 1. The highest BCUT2D eigenvalue weighted by Gasteiger charge is 2.22. The Labute approximate surface area is 169 Å². The van der Waals surface area contributed by atoms with Crippen LogP contribution in [-0.2, 0) is 13.0 Å². The second kappa shape index (κ2) is 8.48. The first-order chi connectivity index (χ1) is 14.3. The van der Waals surface area contributed by atoms with Crippen molar-refractivity contribution in [3.05, 3.63) is 95.9 Å². The van der Waals surface area contributed by atoms with Gasteiger partial charge in [-0.05, 0) is 41.8 Å². The highest BCUT2D eigenvalue weighted by Crippen LogP contribution is 2.25. The molecular weight excluding hydrogens is 362 g/mol. The average molecular weight is 383 g/mol. The number of benzene rings is 2. The van der Waals surface area contributed by atoms with E-state index in [0.29, 0.717) is 12.2 Å². The Morgan fingerprint density at radius 3 is 2.48 bits per heavy atom. The van der Waals surface area contributed by atoms with E-state index in [9.17, 15) is 4.79 Å². The van der Waals surface area contributed by atoms with Gasteiger partial charge < -0.3 is 5.32 Å². The lowest BCUT2D eigenvalue weighted by atomic mass is 10.1. The van der Waals surface area contributed by atoms with E-state index in [2.05, 4.69) is 39.7 Å². The lowest BCUT2D eigenvalue weighted by Crippen LogP contribution is -2.24. The number of nitrogens with zero attached hydrogens (tertiary/aromatic N) is 4. The van der Waals surface area contributed by atoms with Gasteiger partial charge in [-0.25, -0.2) is 4.68 Å². The van der Waals surface area contributed by atoms with Crippen molar-refractivity contribution in [2.24, 2.45) is 0 Å². The first-order valence-corrected chi connectivity index (χ1v) is 9.54. The summed E-state index contributed by atoms with van der Waals surface area (Å²) in [5.41, 5.74) is 4.84. The van der Waals surface area contributed by atoms with Crippen LogP contribution < -0.4 is 5.32 Å². The molecule has 0 spiro atoms. The van der Waals surface area contributed by atoms with E-state index in [0.717, 1.165) is 23.2 Å². The molecule has 0 atom stereocenters. The Morgan fingerprint density at radius 2 is 1.72 bits per heavy atom. The Bertz CT molecular complexity index is 1110. The van der Waals surface area contributed by atoms with E-state index < -0.39 is 0 Å². The topological polar surface area (TPSA) is 72.7 Å². The van der Waals surface area contributed by atoms with Crippen molar-refractivity contribution in [2.45, 2.75) is 19.9 Å². The molecule has 0 aliphatic heterocycles. The average Bonchev–Trinajstić information content (AvgIpc) is 3.24. The monoisotopic (exact) mass is 383 g/mol. The van der Waals surface area contributed by atoms with Crippen LogP contribution in [0.1, 0.15) is 28.5 Å². The lowest BCUT2D eigenvalue weighted by Gasteiger charge is -2.10. The van der Waals surface area contributed by atoms with Crippen LogP contribution >= 0.6 is 0 Å². The van der Waals surface area contributed by atoms with Gasteiger partial charge in [0.15, 0.2) is 5.69 Å². The number of carbonyl (C=O) groups excluding carboxylic acids is 1. The standard InChI is InChI=1S/C23H21N5O/c1-2-17-9-6-10-20(15-17)28-22(19-11-13-24-14-12-19)21(26-27-28)23(29)25-16-18-7-4-3-5-8-18/h3-15H,2,16H2,1H3,(H,25,29). The fraction of sp³-hybridized carbons (Fsp3) is 0.130. The second-order valence-corrected chi connectivity index (χ2v) is 6.63. The van der Waals surface area contributed by atoms with Crippen LogP contribution in [0, 0.1) is 0 Å². The smallest absolute Gasteiger partial charge is 0.274 e. The van der Waals surface area contributed by atoms with Crippen molar-refractivity contribution in [2.75, 3.05) is 0 Å². The zero-order chi connectivity index (χ0) is 20.1. The maximum atomic E-state index is 12.9. The minimum atomic E-state index is -0.265. The summed E-state index contributed by atoms with van der Waals surface area (Å²) in [5.74, 6) is -0.265. The molecule has 4 aromatic rings. The second-order valence-electron chi connectivity index (χ2n) is 6.63. The third kappa shape index (κ3) is 4.06. The number of aromatic nitrogens is 4. The van der Waals surface area contributed by atoms with Gasteiger partial charge in [0, 0.05) is 24.5 Å². The zero-order valence-corrected chi connectivity index (χ0v) is 16.1. The molecule has 6 nitrogen and oxygen atoms in total. The van der Waals surface area contributed by atoms with Gasteiger partial charge in [-0.3, -0.25) is 9.78 Å². The predicted molar refractivity (Wildman–Crippen MR) is 112 cm³/mol. The van der Waals surface area contributed by atoms with E-state index >= 15 is 0 Å². The van der Waals surface area contributed by atoms with E-state index in [-0.39, 0.29) is 11.6 Å². The minimum absolute atomic E-state index is 0.265. The van der Waals surface area contributed by atoms with Crippen molar-refractivity contribution in [1.82, 2.24) is 25.3 Å². The van der Waals surface area contributed by atoms with Crippen LogP contribution in [0.5, 0.6) is 0 Å². The predicted octanol–water partition coefficient (Wildman–Crippen LogP) is 3.82. The SMILES string of the molecule is CCc1cccc(-n2nnc(C(=O)NCc3ccccc3)c2-c2ccncc2)c1. The number of aryl methyl sites for hydroxylation is 1. The van der Waals surface area contributed by atoms with E-state index in [1.54, 1.807) is 17.1 Å². The van der Waals surface area contributed by atoms with Crippen molar-refractivity contribution < 1.29 is 4.79 Å². The Hall–Kier alpha value is -3.80. The first-order valence-electron chi connectivity index (χ1n) is 9.54. The third-order valence-electron chi connectivity index (χ3n) is 4.70. The molecule has 0 saturated heterocycles. The molecule has 1 amide bonds. The fourth-order valence-electron chi connectivity index (χ4n) is 3.15. The summed E-state index contributed by atoms with van der Waals surface area (Å²) in [7, 11) is 0. The van der Waals surface area contributed by atoms with Crippen LogP contribution in [0.2, 0.25) is 0 Å². The number of hydrogen-bond acceptors (Lipinski definition) is 4. The van der Waals surface area contributed by atoms with Gasteiger partial charge in [0.2, 0.25) is 0 Å². The summed E-state index contributed by atoms with van der Waals surface area (Å²) in [5, 5.41) is 11.5. The van der Waals surface area contributed by atoms with Crippen molar-refractivity contribution in [1.29, 1.82) is 0 Å². The van der Waals surface area contributed by atoms with Gasteiger partial charge in [0.1, 0.15) is 5.69 Å². The van der Waals surface area contributed by atoms with Crippen LogP contribution in [0.3, 0.4) is 0 Å². The maximum absolute atomic E-state index is 12.9. The highest BCUT2D eigenvalue weighted by atomic mass is 16.2. The Morgan fingerprint density at radius 1 is 0.966 bits per heavy atom. The third-order valence-corrected chi connectivity index (χ3v) is 4.70. The molecule has 2 heterocycles. The minimum Gasteiger partial charge on any atom is -0.346 e. The zero-order valence-electron chi connectivity index (χ0n) is 16.1. The highest BCUT2D eigenvalue weighted by molar-refractivity contribution is 5.98. The summed E-state index contributed by atoms with van der Waals surface area (Å²) >= 11 is 0. The lowest BCUT2D eigenvalue weighted by molar-refractivity contribution is 0.0946. The molecule has 2 aromatic carbocycles. The number of amides is 1. The Kier molecular flexibility index (Phi) is 5.42. The van der Waals surface area contributed by atoms with E-state index in [4.69, 9.17) is 0 Å². The van der Waals surface area contributed by atoms with Crippen LogP contribution in [0.4, 0.5) is 0 Å². The van der Waals surface area contributed by atoms with Crippen LogP contribution in [0.25, 0.3) is 16.9 Å². The van der Waals surface area contributed by atoms with Crippen molar-refractivity contribution >= 4 is 5.91 Å². The van der Waals surface area contributed by atoms with Gasteiger partial charge in [-0.1, -0.05) is 54.6 Å². The van der Waals surface area contributed by atoms with Crippen molar-refractivity contribution in [3.63, 3.8) is 0 Å². The molecule has 144 valence electrons. The van der Waals surface area contributed by atoms with Gasteiger partial charge in [-0.2, -0.15) is 0 Å². The number of rotatable bonds is 6. The molecule has 2 aromatic heterocycles. The summed E-state index contributed by atoms with van der Waals surface area (Å²) in [6.07, 6.45) is 4.30. The summed E-state index contributed by atoms with van der Waals surface area (Å²) in [6.45, 7) is 2.53. The molecule has 0 aliphatic carbocycles. The molecule has 0 saturated carbocycles. The van der Waals surface area contributed by atoms with E-state index in [1.165, 1.54) is 5.56 Å². The van der Waals surface area contributed by atoms with Gasteiger partial charge in [0.25, 0.3) is 5.91 Å². The molecule has 0 radical (unpaired) electrons. The van der Waals surface area contributed by atoms with Gasteiger partial charge >= 0.3 is 0 Å². The number of pyridine rings is 1. The number of nitrogens with one attached hydrogen (secondary N) is 1. The fourth-order valence-corrected chi connectivity index (χ4v) is 3.15. The Balaban J connectivity index is 1.72. The molecule has 0 bridgehead atoms. The normalized spacial score (nSPS) is 10.7. The summed E-state index contributed by atoms with van der Waals surface area (Å²) in [4.78, 5) is 17.0. The molecule has 1 N–H and O–H groups in total. The summed E-state index contributed by atoms with van der Waals surface area (Å²) < 4.78 is 1.71. The van der Waals surface area contributed by atoms with Gasteiger partial charge in [0.05, 0.1) is 5.69 Å². The maximum Gasteiger partial charge on any atom is 0.274 e. The van der Waals surface area contributed by atoms with E-state index in [1.807, 2.05) is 54.6 Å². The molecule has 0 fully saturated rings. The first kappa shape index (κ1) is 18.6. The molecule has 0 aliphatic rings. The molecular formula is C23H21N5O. The quantitative estimate of drug-likeness (QED) is 0.549. The summed E-state index contributed by atoms with van der Waals surface area (Å²) in [6, 6.07) is 21.6. The molecule has 29 heavy (non-hydrogen) atoms. The molecule has 0 unspecified atom stereocenters. The van der Waals surface area contributed by atoms with Crippen molar-refractivity contribution in [3.8, 4) is 16.9 Å². The van der Waals surface area contributed by atoms with Gasteiger partial charge in [-0.15, -0.1) is 5.10 Å². The molecule has 6 heteroatoms. The largest absolute Gasteiger partial charge is 0.346 e.